The number of thiazole rings is 1. The summed E-state index contributed by atoms with van der Waals surface area (Å²) in [5.41, 5.74) is 4.31. The Kier molecular flexibility index (Phi) is 5.66. The fourth-order valence-corrected chi connectivity index (χ4v) is 3.32. The fourth-order valence-electron chi connectivity index (χ4n) is 2.80. The molecule has 0 saturated heterocycles. The molecule has 0 aliphatic heterocycles. The summed E-state index contributed by atoms with van der Waals surface area (Å²) < 4.78 is 1.83. The van der Waals surface area contributed by atoms with E-state index in [1.54, 1.807) is 35.8 Å². The number of nitrogens with zero attached hydrogens (tertiary/aromatic N) is 3. The van der Waals surface area contributed by atoms with Crippen LogP contribution in [0, 0.1) is 13.8 Å². The summed E-state index contributed by atoms with van der Waals surface area (Å²) in [7, 11) is 1.90. The Morgan fingerprint density at radius 1 is 1.15 bits per heavy atom. The highest BCUT2D eigenvalue weighted by molar-refractivity contribution is 7.13. The highest BCUT2D eigenvalue weighted by Crippen LogP contribution is 2.16. The summed E-state index contributed by atoms with van der Waals surface area (Å²) in [5, 5.41) is 12.3. The summed E-state index contributed by atoms with van der Waals surface area (Å²) in [5.74, 6) is -0.303. The molecule has 0 fully saturated rings. The van der Waals surface area contributed by atoms with Gasteiger partial charge in [0.15, 0.2) is 5.13 Å². The number of carbonyl (C=O) groups excluding carboxylic acids is 2. The average molecular weight is 383 g/mol. The predicted octanol–water partition coefficient (Wildman–Crippen LogP) is 3.32. The van der Waals surface area contributed by atoms with E-state index in [9.17, 15) is 9.59 Å². The SMILES string of the molecule is Cc1nn(C)c(C)c1CCC(=O)Nc1ccc(C(=O)Nc2nccs2)cc1. The van der Waals surface area contributed by atoms with Crippen LogP contribution in [0.15, 0.2) is 35.8 Å². The molecule has 0 unspecified atom stereocenters. The van der Waals surface area contributed by atoms with E-state index in [0.29, 0.717) is 29.2 Å². The maximum Gasteiger partial charge on any atom is 0.257 e. The number of benzene rings is 1. The summed E-state index contributed by atoms with van der Waals surface area (Å²) in [6.07, 6.45) is 2.65. The zero-order valence-corrected chi connectivity index (χ0v) is 16.3. The van der Waals surface area contributed by atoms with Crippen LogP contribution in [0.1, 0.15) is 33.7 Å². The van der Waals surface area contributed by atoms with Crippen LogP contribution in [0.4, 0.5) is 10.8 Å². The quantitative estimate of drug-likeness (QED) is 0.683. The molecule has 140 valence electrons. The third-order valence-corrected chi connectivity index (χ3v) is 5.03. The van der Waals surface area contributed by atoms with Crippen LogP contribution in [0.2, 0.25) is 0 Å². The van der Waals surface area contributed by atoms with E-state index in [1.807, 2.05) is 25.6 Å². The molecule has 27 heavy (non-hydrogen) atoms. The van der Waals surface area contributed by atoms with Gasteiger partial charge < -0.3 is 5.32 Å². The number of carbonyl (C=O) groups is 2. The van der Waals surface area contributed by atoms with Crippen molar-refractivity contribution in [1.82, 2.24) is 14.8 Å². The molecule has 0 atom stereocenters. The third-order valence-electron chi connectivity index (χ3n) is 4.34. The zero-order valence-electron chi connectivity index (χ0n) is 15.4. The predicted molar refractivity (Wildman–Crippen MR) is 106 cm³/mol. The molecule has 0 aliphatic carbocycles. The van der Waals surface area contributed by atoms with Crippen LogP contribution < -0.4 is 10.6 Å². The van der Waals surface area contributed by atoms with Gasteiger partial charge in [-0.1, -0.05) is 0 Å². The molecule has 2 N–H and O–H groups in total. The second kappa shape index (κ2) is 8.13. The first kappa shape index (κ1) is 18.8. The van der Waals surface area contributed by atoms with Crippen LogP contribution >= 0.6 is 11.3 Å². The van der Waals surface area contributed by atoms with Gasteiger partial charge in [-0.05, 0) is 50.1 Å². The van der Waals surface area contributed by atoms with Crippen molar-refractivity contribution in [1.29, 1.82) is 0 Å². The Balaban J connectivity index is 1.54. The van der Waals surface area contributed by atoms with Crippen molar-refractivity contribution in [2.45, 2.75) is 26.7 Å². The number of nitrogens with one attached hydrogen (secondary N) is 2. The van der Waals surface area contributed by atoms with Gasteiger partial charge in [0.1, 0.15) is 0 Å². The van der Waals surface area contributed by atoms with Gasteiger partial charge >= 0.3 is 0 Å². The number of amides is 2. The second-order valence-corrected chi connectivity index (χ2v) is 7.08. The minimum absolute atomic E-state index is 0.0716. The van der Waals surface area contributed by atoms with Gasteiger partial charge in [0.25, 0.3) is 5.91 Å². The van der Waals surface area contributed by atoms with E-state index in [-0.39, 0.29) is 11.8 Å². The van der Waals surface area contributed by atoms with E-state index < -0.39 is 0 Å². The Bertz CT molecular complexity index is 945. The highest BCUT2D eigenvalue weighted by atomic mass is 32.1. The molecule has 2 amide bonds. The van der Waals surface area contributed by atoms with Gasteiger partial charge in [-0.2, -0.15) is 5.10 Å². The summed E-state index contributed by atoms with van der Waals surface area (Å²) >= 11 is 1.36. The van der Waals surface area contributed by atoms with Crippen molar-refractivity contribution in [2.75, 3.05) is 10.6 Å². The van der Waals surface area contributed by atoms with Gasteiger partial charge in [-0.25, -0.2) is 4.98 Å². The fraction of sp³-hybridized carbons (Fsp3) is 0.263. The average Bonchev–Trinajstić information content (AvgIpc) is 3.22. The van der Waals surface area contributed by atoms with E-state index in [2.05, 4.69) is 20.7 Å². The van der Waals surface area contributed by atoms with Crippen LogP contribution in [-0.4, -0.2) is 26.6 Å². The number of aryl methyl sites for hydroxylation is 2. The van der Waals surface area contributed by atoms with Crippen molar-refractivity contribution in [2.24, 2.45) is 7.05 Å². The molecule has 0 spiro atoms. The first-order chi connectivity index (χ1) is 12.9. The van der Waals surface area contributed by atoms with Crippen molar-refractivity contribution in [3.05, 3.63) is 58.4 Å². The first-order valence-corrected chi connectivity index (χ1v) is 9.42. The summed E-state index contributed by atoms with van der Waals surface area (Å²) in [6, 6.07) is 6.78. The molecule has 8 heteroatoms. The number of rotatable bonds is 6. The molecule has 0 radical (unpaired) electrons. The Labute approximate surface area is 161 Å². The van der Waals surface area contributed by atoms with Crippen molar-refractivity contribution >= 4 is 34.0 Å². The Morgan fingerprint density at radius 3 is 2.48 bits per heavy atom. The third kappa shape index (κ3) is 4.59. The summed E-state index contributed by atoms with van der Waals surface area (Å²) in [4.78, 5) is 28.4. The minimum Gasteiger partial charge on any atom is -0.326 e. The number of hydrogen-bond donors (Lipinski definition) is 2. The van der Waals surface area contributed by atoms with Gasteiger partial charge in [0, 0.05) is 42.0 Å². The molecular weight excluding hydrogens is 362 g/mol. The molecular formula is C19H21N5O2S. The molecule has 2 heterocycles. The lowest BCUT2D eigenvalue weighted by atomic mass is 10.1. The topological polar surface area (TPSA) is 88.9 Å². The van der Waals surface area contributed by atoms with Crippen molar-refractivity contribution in [3.63, 3.8) is 0 Å². The lowest BCUT2D eigenvalue weighted by Crippen LogP contribution is -2.14. The van der Waals surface area contributed by atoms with Gasteiger partial charge in [-0.3, -0.25) is 19.6 Å². The highest BCUT2D eigenvalue weighted by Gasteiger charge is 2.12. The minimum atomic E-state index is -0.231. The molecule has 2 aromatic heterocycles. The molecule has 3 rings (SSSR count). The monoisotopic (exact) mass is 383 g/mol. The molecule has 7 nitrogen and oxygen atoms in total. The van der Waals surface area contributed by atoms with Crippen LogP contribution in [0.3, 0.4) is 0 Å². The first-order valence-electron chi connectivity index (χ1n) is 8.54. The van der Waals surface area contributed by atoms with E-state index >= 15 is 0 Å². The number of anilines is 2. The molecule has 1 aromatic carbocycles. The maximum absolute atomic E-state index is 12.2. The summed E-state index contributed by atoms with van der Waals surface area (Å²) in [6.45, 7) is 3.96. The Hall–Kier alpha value is -3.00. The van der Waals surface area contributed by atoms with E-state index in [0.717, 1.165) is 17.0 Å². The lowest BCUT2D eigenvalue weighted by molar-refractivity contribution is -0.116. The Morgan fingerprint density at radius 2 is 1.89 bits per heavy atom. The van der Waals surface area contributed by atoms with Crippen molar-refractivity contribution < 1.29 is 9.59 Å². The van der Waals surface area contributed by atoms with Crippen LogP contribution in [-0.2, 0) is 18.3 Å². The van der Waals surface area contributed by atoms with Gasteiger partial charge in [0.2, 0.25) is 5.91 Å². The van der Waals surface area contributed by atoms with Gasteiger partial charge in [-0.15, -0.1) is 11.3 Å². The molecule has 0 saturated carbocycles. The number of aromatic nitrogens is 3. The van der Waals surface area contributed by atoms with E-state index in [1.165, 1.54) is 11.3 Å². The lowest BCUT2D eigenvalue weighted by Gasteiger charge is -2.07. The second-order valence-electron chi connectivity index (χ2n) is 6.19. The van der Waals surface area contributed by atoms with Crippen LogP contribution in [0.5, 0.6) is 0 Å². The normalized spacial score (nSPS) is 10.6. The molecule has 0 aliphatic rings. The smallest absolute Gasteiger partial charge is 0.257 e. The molecule has 0 bridgehead atoms. The number of hydrogen-bond acceptors (Lipinski definition) is 5. The van der Waals surface area contributed by atoms with Crippen LogP contribution in [0.25, 0.3) is 0 Å². The van der Waals surface area contributed by atoms with Gasteiger partial charge in [0.05, 0.1) is 5.69 Å². The maximum atomic E-state index is 12.2. The zero-order chi connectivity index (χ0) is 19.4. The largest absolute Gasteiger partial charge is 0.326 e. The standard InChI is InChI=1S/C19H21N5O2S/c1-12-16(13(2)24(3)23-12)8-9-17(25)21-15-6-4-14(5-7-15)18(26)22-19-20-10-11-27-19/h4-7,10-11H,8-9H2,1-3H3,(H,21,25)(H,20,22,26). The van der Waals surface area contributed by atoms with E-state index in [4.69, 9.17) is 0 Å². The van der Waals surface area contributed by atoms with Crippen molar-refractivity contribution in [3.8, 4) is 0 Å². The molecule has 3 aromatic rings.